The van der Waals surface area contributed by atoms with Crippen molar-refractivity contribution in [2.45, 2.75) is 10.8 Å². The monoisotopic (exact) mass is 745 g/mol. The van der Waals surface area contributed by atoms with E-state index in [0.717, 1.165) is 0 Å². The molecule has 3 aromatic carbocycles. The van der Waals surface area contributed by atoms with Crippen molar-refractivity contribution in [1.29, 1.82) is 0 Å². The summed E-state index contributed by atoms with van der Waals surface area (Å²) < 4.78 is 72.9. The van der Waals surface area contributed by atoms with Crippen LogP contribution in [0.2, 0.25) is 0 Å². The van der Waals surface area contributed by atoms with Gasteiger partial charge in [-0.1, -0.05) is 66.7 Å². The van der Waals surface area contributed by atoms with Gasteiger partial charge in [0.15, 0.2) is 0 Å². The standard InChI is InChI=1S/C38H51NO12S/c1-39(38(40)50-31-37-35-13-7-5-11-33(35)34-12-6-8-14-36(34)37)15-16-43-17-18-44-19-20-45-21-22-46-23-24-47-25-26-48-27-28-49-29-30-51-52(41,42)32-9-3-2-4-10-32/h2-14,37H,15-31H2,1H3. The lowest BCUT2D eigenvalue weighted by Gasteiger charge is -2.19. The van der Waals surface area contributed by atoms with Crippen molar-refractivity contribution in [2.75, 3.05) is 119 Å². The van der Waals surface area contributed by atoms with Gasteiger partial charge in [-0.3, -0.25) is 4.18 Å². The fraction of sp³-hybridized carbons (Fsp3) is 0.500. The third-order valence-electron chi connectivity index (χ3n) is 7.95. The van der Waals surface area contributed by atoms with Crippen LogP contribution in [0.15, 0.2) is 83.8 Å². The summed E-state index contributed by atoms with van der Waals surface area (Å²) in [5.41, 5.74) is 4.77. The fourth-order valence-corrected chi connectivity index (χ4v) is 6.19. The highest BCUT2D eigenvalue weighted by molar-refractivity contribution is 7.86. The molecule has 3 aromatic rings. The second kappa shape index (κ2) is 24.0. The first-order valence-electron chi connectivity index (χ1n) is 17.5. The van der Waals surface area contributed by atoms with Gasteiger partial charge in [0.1, 0.15) is 6.61 Å². The van der Waals surface area contributed by atoms with E-state index >= 15 is 0 Å². The number of carbonyl (C=O) groups is 1. The van der Waals surface area contributed by atoms with E-state index in [4.69, 9.17) is 42.1 Å². The summed E-state index contributed by atoms with van der Waals surface area (Å²) >= 11 is 0. The molecule has 0 saturated heterocycles. The predicted molar refractivity (Wildman–Crippen MR) is 193 cm³/mol. The molecular formula is C38H51NO12S. The highest BCUT2D eigenvalue weighted by Crippen LogP contribution is 2.44. The lowest BCUT2D eigenvalue weighted by atomic mass is 9.98. The topological polar surface area (TPSA) is 138 Å². The SMILES string of the molecule is CN(CCOCCOCCOCCOCCOCCOCCOCCOS(=O)(=O)c1ccccc1)C(=O)OCC1c2ccccc2-c2ccccc21. The van der Waals surface area contributed by atoms with Crippen LogP contribution in [0.1, 0.15) is 17.0 Å². The molecule has 286 valence electrons. The molecule has 52 heavy (non-hydrogen) atoms. The number of fused-ring (bicyclic) bond motifs is 3. The Kier molecular flexibility index (Phi) is 19.1. The molecule has 0 spiro atoms. The zero-order valence-electron chi connectivity index (χ0n) is 29.9. The number of nitrogens with zero attached hydrogens (tertiary/aromatic N) is 1. The zero-order valence-corrected chi connectivity index (χ0v) is 30.7. The van der Waals surface area contributed by atoms with E-state index in [-0.39, 0.29) is 36.7 Å². The Bertz CT molecular complexity index is 1500. The average Bonchev–Trinajstić information content (AvgIpc) is 3.49. The molecule has 0 N–H and O–H groups in total. The summed E-state index contributed by atoms with van der Waals surface area (Å²) in [5.74, 6) is 0.0310. The molecular weight excluding hydrogens is 694 g/mol. The molecule has 0 atom stereocenters. The Morgan fingerprint density at radius 3 is 1.38 bits per heavy atom. The molecule has 0 bridgehead atoms. The van der Waals surface area contributed by atoms with Gasteiger partial charge in [0.25, 0.3) is 10.1 Å². The molecule has 13 nitrogen and oxygen atoms in total. The van der Waals surface area contributed by atoms with Crippen molar-refractivity contribution in [3.8, 4) is 11.1 Å². The number of hydrogen-bond acceptors (Lipinski definition) is 12. The van der Waals surface area contributed by atoms with Crippen LogP contribution in [0.3, 0.4) is 0 Å². The van der Waals surface area contributed by atoms with Gasteiger partial charge in [-0.25, -0.2) is 4.79 Å². The quantitative estimate of drug-likeness (QED) is 0.0770. The van der Waals surface area contributed by atoms with E-state index in [2.05, 4.69) is 24.3 Å². The van der Waals surface area contributed by atoms with Gasteiger partial charge in [0.2, 0.25) is 0 Å². The van der Waals surface area contributed by atoms with Gasteiger partial charge >= 0.3 is 6.09 Å². The third-order valence-corrected chi connectivity index (χ3v) is 9.28. The van der Waals surface area contributed by atoms with E-state index < -0.39 is 10.1 Å². The Hall–Kier alpha value is -3.44. The van der Waals surface area contributed by atoms with Crippen LogP contribution in [0.4, 0.5) is 4.79 Å². The maximum Gasteiger partial charge on any atom is 0.409 e. The van der Waals surface area contributed by atoms with Gasteiger partial charge in [-0.15, -0.1) is 0 Å². The predicted octanol–water partition coefficient (Wildman–Crippen LogP) is 4.39. The van der Waals surface area contributed by atoms with Gasteiger partial charge in [0.05, 0.1) is 104 Å². The smallest absolute Gasteiger partial charge is 0.409 e. The summed E-state index contributed by atoms with van der Waals surface area (Å²) in [7, 11) is -2.06. The first-order chi connectivity index (χ1) is 25.5. The number of carbonyl (C=O) groups excluding carboxylic acids is 1. The number of hydrogen-bond donors (Lipinski definition) is 0. The van der Waals surface area contributed by atoms with E-state index in [1.165, 1.54) is 39.3 Å². The van der Waals surface area contributed by atoms with Crippen molar-refractivity contribution in [2.24, 2.45) is 0 Å². The first kappa shape index (κ1) is 41.3. The van der Waals surface area contributed by atoms with Crippen molar-refractivity contribution in [3.63, 3.8) is 0 Å². The molecule has 1 aliphatic carbocycles. The number of likely N-dealkylation sites (N-methyl/N-ethyl adjacent to an activating group) is 1. The largest absolute Gasteiger partial charge is 0.448 e. The maximum atomic E-state index is 12.6. The van der Waals surface area contributed by atoms with Gasteiger partial charge in [-0.2, -0.15) is 8.42 Å². The summed E-state index contributed by atoms with van der Waals surface area (Å²) in [5, 5.41) is 0. The van der Waals surface area contributed by atoms with Gasteiger partial charge in [-0.05, 0) is 34.4 Å². The second-order valence-electron chi connectivity index (χ2n) is 11.6. The van der Waals surface area contributed by atoms with Crippen LogP contribution < -0.4 is 0 Å². The lowest BCUT2D eigenvalue weighted by Crippen LogP contribution is -2.32. The normalized spacial score (nSPS) is 12.5. The van der Waals surface area contributed by atoms with Crippen LogP contribution in [-0.2, 0) is 52.2 Å². The second-order valence-corrected chi connectivity index (χ2v) is 13.2. The molecule has 1 amide bonds. The Morgan fingerprint density at radius 2 is 0.923 bits per heavy atom. The summed E-state index contributed by atoms with van der Waals surface area (Å²) in [6.45, 7) is 6.22. The fourth-order valence-electron chi connectivity index (χ4n) is 5.28. The molecule has 4 rings (SSSR count). The molecule has 0 heterocycles. The van der Waals surface area contributed by atoms with Crippen molar-refractivity contribution >= 4 is 16.2 Å². The first-order valence-corrected chi connectivity index (χ1v) is 18.9. The molecule has 0 aromatic heterocycles. The third kappa shape index (κ3) is 14.5. The Balaban J connectivity index is 0.852. The van der Waals surface area contributed by atoms with Gasteiger partial charge < -0.3 is 42.8 Å². The molecule has 0 radical (unpaired) electrons. The highest BCUT2D eigenvalue weighted by atomic mass is 32.2. The number of rotatable bonds is 28. The molecule has 0 aliphatic heterocycles. The number of benzene rings is 3. The molecule has 0 unspecified atom stereocenters. The molecule has 14 heteroatoms. The van der Waals surface area contributed by atoms with Crippen LogP contribution >= 0.6 is 0 Å². The Labute approximate surface area is 307 Å². The minimum Gasteiger partial charge on any atom is -0.448 e. The van der Waals surface area contributed by atoms with E-state index in [1.807, 2.05) is 24.3 Å². The molecule has 0 saturated carbocycles. The zero-order chi connectivity index (χ0) is 36.7. The van der Waals surface area contributed by atoms with Crippen LogP contribution in [0.25, 0.3) is 11.1 Å². The van der Waals surface area contributed by atoms with Crippen molar-refractivity contribution in [3.05, 3.63) is 90.0 Å². The minimum absolute atomic E-state index is 0.0310. The van der Waals surface area contributed by atoms with E-state index in [1.54, 1.807) is 25.2 Å². The highest BCUT2D eigenvalue weighted by Gasteiger charge is 2.29. The Morgan fingerprint density at radius 1 is 0.538 bits per heavy atom. The van der Waals surface area contributed by atoms with Gasteiger partial charge in [0, 0.05) is 19.5 Å². The number of amides is 1. The van der Waals surface area contributed by atoms with E-state index in [0.29, 0.717) is 92.4 Å². The minimum atomic E-state index is -3.77. The summed E-state index contributed by atoms with van der Waals surface area (Å²) in [6, 6.07) is 24.5. The van der Waals surface area contributed by atoms with Crippen LogP contribution in [0, 0.1) is 0 Å². The number of ether oxygens (including phenoxy) is 8. The summed E-state index contributed by atoms with van der Waals surface area (Å²) in [6.07, 6.45) is -0.374. The van der Waals surface area contributed by atoms with E-state index in [9.17, 15) is 13.2 Å². The van der Waals surface area contributed by atoms with Crippen LogP contribution in [-0.4, -0.2) is 139 Å². The summed E-state index contributed by atoms with van der Waals surface area (Å²) in [4.78, 5) is 14.2. The lowest BCUT2D eigenvalue weighted by molar-refractivity contribution is -0.0215. The van der Waals surface area contributed by atoms with Crippen LogP contribution in [0.5, 0.6) is 0 Å². The maximum absolute atomic E-state index is 12.6. The van der Waals surface area contributed by atoms with Crippen molar-refractivity contribution in [1.82, 2.24) is 4.90 Å². The average molecular weight is 746 g/mol. The molecule has 0 fully saturated rings. The van der Waals surface area contributed by atoms with Crippen molar-refractivity contribution < 1.29 is 55.3 Å². The molecule has 1 aliphatic rings.